The molecular weight excluding hydrogens is 246 g/mol. The number of esters is 1. The molecule has 1 unspecified atom stereocenters. The molecule has 3 aliphatic rings. The number of aliphatic hydroxyl groups is 1. The lowest BCUT2D eigenvalue weighted by Gasteiger charge is -2.47. The summed E-state index contributed by atoms with van der Waals surface area (Å²) in [6, 6.07) is 0. The van der Waals surface area contributed by atoms with Crippen LogP contribution in [0.2, 0.25) is 0 Å². The number of carbonyl (C=O) groups is 2. The number of hydrogen-bond donors (Lipinski definition) is 2. The van der Waals surface area contributed by atoms with Crippen molar-refractivity contribution in [3.8, 4) is 0 Å². The third-order valence-corrected chi connectivity index (χ3v) is 4.66. The van der Waals surface area contributed by atoms with Crippen LogP contribution in [-0.4, -0.2) is 34.7 Å². The Balaban J connectivity index is 1.89. The Bertz CT molecular complexity index is 447. The van der Waals surface area contributed by atoms with Crippen LogP contribution in [0.3, 0.4) is 0 Å². The van der Waals surface area contributed by atoms with E-state index in [4.69, 9.17) is 4.74 Å². The summed E-state index contributed by atoms with van der Waals surface area (Å²) < 4.78 is 5.15. The van der Waals surface area contributed by atoms with Crippen LogP contribution in [0, 0.1) is 11.8 Å². The van der Waals surface area contributed by atoms with Crippen molar-refractivity contribution in [1.29, 1.82) is 0 Å². The second kappa shape index (κ2) is 4.34. The fourth-order valence-corrected chi connectivity index (χ4v) is 3.52. The highest BCUT2D eigenvalue weighted by molar-refractivity contribution is 6.00. The minimum absolute atomic E-state index is 0.0833. The molecule has 1 aliphatic carbocycles. The highest BCUT2D eigenvalue weighted by atomic mass is 16.6. The first-order valence-corrected chi connectivity index (χ1v) is 6.99. The Hall–Kier alpha value is -1.36. The number of ether oxygens (including phenoxy) is 1. The van der Waals surface area contributed by atoms with Gasteiger partial charge in [-0.05, 0) is 25.7 Å². The van der Waals surface area contributed by atoms with Gasteiger partial charge in [0.1, 0.15) is 6.10 Å². The lowest BCUT2D eigenvalue weighted by atomic mass is 9.72. The number of carbonyl (C=O) groups excluding carboxylic acids is 2. The van der Waals surface area contributed by atoms with Gasteiger partial charge in [-0.2, -0.15) is 0 Å². The van der Waals surface area contributed by atoms with Gasteiger partial charge in [0.15, 0.2) is 0 Å². The number of aliphatic hydroxyl groups excluding tert-OH is 1. The fraction of sp³-hybridized carbons (Fsp3) is 0.714. The molecule has 0 spiro atoms. The van der Waals surface area contributed by atoms with Crippen LogP contribution in [0.25, 0.3) is 0 Å². The molecule has 104 valence electrons. The fourth-order valence-electron chi connectivity index (χ4n) is 3.52. The van der Waals surface area contributed by atoms with Gasteiger partial charge in [0.25, 0.3) is 0 Å². The van der Waals surface area contributed by atoms with Crippen LogP contribution < -0.4 is 5.32 Å². The van der Waals surface area contributed by atoms with Gasteiger partial charge in [0, 0.05) is 5.92 Å². The van der Waals surface area contributed by atoms with Crippen molar-refractivity contribution < 1.29 is 19.4 Å². The summed E-state index contributed by atoms with van der Waals surface area (Å²) in [6.07, 6.45) is 6.04. The van der Waals surface area contributed by atoms with E-state index >= 15 is 0 Å². The number of rotatable bonds is 3. The van der Waals surface area contributed by atoms with E-state index in [1.165, 1.54) is 0 Å². The normalized spacial score (nSPS) is 42.1. The molecule has 5 atom stereocenters. The molecule has 2 saturated heterocycles. The van der Waals surface area contributed by atoms with Crippen molar-refractivity contribution in [3.05, 3.63) is 12.2 Å². The SMILES string of the molecule is CC[C@H]1C(=O)NC2([C@@H](O)[C@@H]3C=CCCC3)C(=O)O[C@@H]12. The molecular formula is C14H19NO4. The molecule has 2 heterocycles. The first-order valence-electron chi connectivity index (χ1n) is 6.99. The monoisotopic (exact) mass is 265 g/mol. The molecule has 0 aromatic carbocycles. The second-order valence-electron chi connectivity index (χ2n) is 5.67. The first-order chi connectivity index (χ1) is 9.11. The summed E-state index contributed by atoms with van der Waals surface area (Å²) in [6.45, 7) is 1.89. The number of allylic oxidation sites excluding steroid dienone is 1. The van der Waals surface area contributed by atoms with Gasteiger partial charge in [0.05, 0.1) is 12.0 Å². The highest BCUT2D eigenvalue weighted by Gasteiger charge is 2.71. The minimum Gasteiger partial charge on any atom is -0.456 e. The van der Waals surface area contributed by atoms with Crippen molar-refractivity contribution in [2.75, 3.05) is 0 Å². The summed E-state index contributed by atoms with van der Waals surface area (Å²) in [5, 5.41) is 13.3. The average Bonchev–Trinajstić information content (AvgIpc) is 2.67. The smallest absolute Gasteiger partial charge is 0.339 e. The second-order valence-corrected chi connectivity index (χ2v) is 5.67. The average molecular weight is 265 g/mol. The first kappa shape index (κ1) is 12.7. The molecule has 2 fully saturated rings. The van der Waals surface area contributed by atoms with Gasteiger partial charge in [0.2, 0.25) is 11.4 Å². The molecule has 2 aliphatic heterocycles. The zero-order chi connectivity index (χ0) is 13.6. The van der Waals surface area contributed by atoms with E-state index in [1.54, 1.807) is 0 Å². The van der Waals surface area contributed by atoms with Crippen molar-refractivity contribution in [2.45, 2.75) is 50.4 Å². The minimum atomic E-state index is -1.20. The lowest BCUT2D eigenvalue weighted by Crippen LogP contribution is -2.74. The van der Waals surface area contributed by atoms with Gasteiger partial charge < -0.3 is 15.2 Å². The summed E-state index contributed by atoms with van der Waals surface area (Å²) in [4.78, 5) is 23.8. The number of fused-ring (bicyclic) bond motifs is 1. The van der Waals surface area contributed by atoms with E-state index in [0.29, 0.717) is 6.42 Å². The zero-order valence-electron chi connectivity index (χ0n) is 11.0. The van der Waals surface area contributed by atoms with Crippen LogP contribution in [0.4, 0.5) is 0 Å². The third-order valence-electron chi connectivity index (χ3n) is 4.66. The van der Waals surface area contributed by atoms with Gasteiger partial charge >= 0.3 is 5.97 Å². The Kier molecular flexibility index (Phi) is 2.89. The van der Waals surface area contributed by atoms with Crippen LogP contribution in [0.15, 0.2) is 12.2 Å². The van der Waals surface area contributed by atoms with Crippen molar-refractivity contribution in [3.63, 3.8) is 0 Å². The Morgan fingerprint density at radius 1 is 1.58 bits per heavy atom. The molecule has 5 heteroatoms. The van der Waals surface area contributed by atoms with Crippen molar-refractivity contribution in [1.82, 2.24) is 5.32 Å². The van der Waals surface area contributed by atoms with Gasteiger partial charge in [-0.1, -0.05) is 19.1 Å². The molecule has 0 saturated carbocycles. The number of hydrogen-bond acceptors (Lipinski definition) is 4. The van der Waals surface area contributed by atoms with E-state index in [9.17, 15) is 14.7 Å². The molecule has 19 heavy (non-hydrogen) atoms. The van der Waals surface area contributed by atoms with E-state index in [0.717, 1.165) is 19.3 Å². The van der Waals surface area contributed by atoms with Crippen LogP contribution in [0.1, 0.15) is 32.6 Å². The Morgan fingerprint density at radius 3 is 2.95 bits per heavy atom. The standard InChI is InChI=1S/C14H19NO4/c1-2-9-11-14(13(18)19-11,15-12(9)17)10(16)8-6-4-3-5-7-8/h4,6,8-11,16H,2-3,5,7H2,1H3,(H,15,17)/t8-,9-,10+,11+,14?/m1/s1. The predicted octanol–water partition coefficient (Wildman–Crippen LogP) is 0.524. The molecule has 1 amide bonds. The molecule has 5 nitrogen and oxygen atoms in total. The molecule has 2 N–H and O–H groups in total. The van der Waals surface area contributed by atoms with Crippen LogP contribution in [0.5, 0.6) is 0 Å². The largest absolute Gasteiger partial charge is 0.456 e. The number of amides is 1. The summed E-state index contributed by atoms with van der Waals surface area (Å²) in [5.41, 5.74) is -1.20. The van der Waals surface area contributed by atoms with Crippen molar-refractivity contribution in [2.24, 2.45) is 11.8 Å². The van der Waals surface area contributed by atoms with Crippen LogP contribution >= 0.6 is 0 Å². The van der Waals surface area contributed by atoms with Gasteiger partial charge in [-0.15, -0.1) is 0 Å². The van der Waals surface area contributed by atoms with Crippen LogP contribution in [-0.2, 0) is 14.3 Å². The summed E-state index contributed by atoms with van der Waals surface area (Å²) >= 11 is 0. The van der Waals surface area contributed by atoms with Crippen molar-refractivity contribution >= 4 is 11.9 Å². The maximum atomic E-state index is 11.9. The highest BCUT2D eigenvalue weighted by Crippen LogP contribution is 2.45. The Labute approximate surface area is 112 Å². The summed E-state index contributed by atoms with van der Waals surface area (Å²) in [7, 11) is 0. The molecule has 0 aromatic rings. The van der Waals surface area contributed by atoms with Gasteiger partial charge in [-0.3, -0.25) is 4.79 Å². The zero-order valence-corrected chi connectivity index (χ0v) is 11.0. The van der Waals surface area contributed by atoms with E-state index < -0.39 is 23.7 Å². The lowest BCUT2D eigenvalue weighted by molar-refractivity contribution is -0.207. The van der Waals surface area contributed by atoms with E-state index in [1.807, 2.05) is 19.1 Å². The van der Waals surface area contributed by atoms with Gasteiger partial charge in [-0.25, -0.2) is 4.79 Å². The molecule has 0 radical (unpaired) electrons. The predicted molar refractivity (Wildman–Crippen MR) is 67.0 cm³/mol. The summed E-state index contributed by atoms with van der Waals surface area (Å²) in [5.74, 6) is -1.09. The Morgan fingerprint density at radius 2 is 2.37 bits per heavy atom. The maximum absolute atomic E-state index is 11.9. The van der Waals surface area contributed by atoms with E-state index in [2.05, 4.69) is 5.32 Å². The third kappa shape index (κ3) is 1.57. The molecule has 3 rings (SSSR count). The quantitative estimate of drug-likeness (QED) is 0.576. The molecule has 0 bridgehead atoms. The topological polar surface area (TPSA) is 75.6 Å². The number of nitrogens with one attached hydrogen (secondary N) is 1. The molecule has 0 aromatic heterocycles. The van der Waals surface area contributed by atoms with E-state index in [-0.39, 0.29) is 17.7 Å². The maximum Gasteiger partial charge on any atom is 0.339 e.